The molecule has 2 N–H and O–H groups in total. The van der Waals surface area contributed by atoms with E-state index in [4.69, 9.17) is 0 Å². The molecule has 5 nitrogen and oxygen atoms in total. The molecule has 1 amide bonds. The van der Waals surface area contributed by atoms with Crippen LogP contribution >= 0.6 is 11.5 Å². The van der Waals surface area contributed by atoms with Crippen LogP contribution in [0, 0.1) is 12.3 Å². The van der Waals surface area contributed by atoms with Crippen molar-refractivity contribution in [2.24, 2.45) is 5.41 Å². The minimum absolute atomic E-state index is 0.0378. The van der Waals surface area contributed by atoms with Gasteiger partial charge in [0, 0.05) is 18.1 Å². The van der Waals surface area contributed by atoms with Gasteiger partial charge >= 0.3 is 0 Å². The summed E-state index contributed by atoms with van der Waals surface area (Å²) in [6.07, 6.45) is 1.96. The second kappa shape index (κ2) is 4.47. The average Bonchev–Trinajstić information content (AvgIpc) is 2.65. The first kappa shape index (κ1) is 11.5. The van der Waals surface area contributed by atoms with Gasteiger partial charge in [-0.15, -0.1) is 0 Å². The highest BCUT2D eigenvalue weighted by molar-refractivity contribution is 7.09. The van der Waals surface area contributed by atoms with Crippen molar-refractivity contribution in [2.75, 3.05) is 18.4 Å². The quantitative estimate of drug-likeness (QED) is 0.814. The van der Waals surface area contributed by atoms with Crippen LogP contribution in [0.15, 0.2) is 0 Å². The minimum atomic E-state index is -0.322. The molecule has 88 valence electrons. The van der Waals surface area contributed by atoms with Crippen molar-refractivity contribution in [3.05, 3.63) is 5.82 Å². The van der Waals surface area contributed by atoms with Crippen LogP contribution in [0.5, 0.6) is 0 Å². The summed E-state index contributed by atoms with van der Waals surface area (Å²) >= 11 is 1.23. The Morgan fingerprint density at radius 2 is 2.44 bits per heavy atom. The predicted molar refractivity (Wildman–Crippen MR) is 63.5 cm³/mol. The second-order valence-corrected chi connectivity index (χ2v) is 5.19. The lowest BCUT2D eigenvalue weighted by molar-refractivity contribution is -0.125. The van der Waals surface area contributed by atoms with Crippen molar-refractivity contribution < 1.29 is 4.79 Å². The largest absolute Gasteiger partial charge is 0.316 e. The Labute approximate surface area is 98.8 Å². The molecule has 1 aromatic rings. The normalized spacial score (nSPS) is 25.4. The van der Waals surface area contributed by atoms with E-state index in [-0.39, 0.29) is 11.3 Å². The molecule has 16 heavy (non-hydrogen) atoms. The van der Waals surface area contributed by atoms with Gasteiger partial charge in [0.05, 0.1) is 5.41 Å². The van der Waals surface area contributed by atoms with Crippen LogP contribution in [-0.2, 0) is 4.79 Å². The standard InChI is InChI=1S/C10H16N4OS/c1-7-12-9(16-14-7)13-8(15)10(2)4-3-5-11-6-10/h11H,3-6H2,1-2H3,(H,12,13,14,15)/t10-/m0/s1. The van der Waals surface area contributed by atoms with Gasteiger partial charge in [-0.25, -0.2) is 4.98 Å². The summed E-state index contributed by atoms with van der Waals surface area (Å²) in [5, 5.41) is 6.68. The zero-order valence-corrected chi connectivity index (χ0v) is 10.4. The van der Waals surface area contributed by atoms with Crippen LogP contribution in [-0.4, -0.2) is 28.4 Å². The van der Waals surface area contributed by atoms with E-state index in [2.05, 4.69) is 20.0 Å². The maximum absolute atomic E-state index is 12.1. The Kier molecular flexibility index (Phi) is 3.20. The van der Waals surface area contributed by atoms with Crippen LogP contribution < -0.4 is 10.6 Å². The number of nitrogens with one attached hydrogen (secondary N) is 2. The molecule has 1 aliphatic rings. The molecular formula is C10H16N4OS. The number of amides is 1. The van der Waals surface area contributed by atoms with Gasteiger partial charge in [0.15, 0.2) is 0 Å². The Balaban J connectivity index is 2.01. The first-order valence-corrected chi connectivity index (χ1v) is 6.20. The van der Waals surface area contributed by atoms with Gasteiger partial charge < -0.3 is 10.6 Å². The van der Waals surface area contributed by atoms with Gasteiger partial charge in [-0.1, -0.05) is 0 Å². The maximum atomic E-state index is 12.1. The third-order valence-electron chi connectivity index (χ3n) is 2.89. The third-order valence-corrected chi connectivity index (χ3v) is 3.62. The number of hydrogen-bond donors (Lipinski definition) is 2. The molecule has 0 spiro atoms. The van der Waals surface area contributed by atoms with E-state index in [0.29, 0.717) is 11.0 Å². The van der Waals surface area contributed by atoms with Crippen molar-refractivity contribution in [1.29, 1.82) is 0 Å². The van der Waals surface area contributed by atoms with Gasteiger partial charge in [-0.3, -0.25) is 4.79 Å². The molecule has 6 heteroatoms. The van der Waals surface area contributed by atoms with E-state index >= 15 is 0 Å². The van der Waals surface area contributed by atoms with E-state index in [1.54, 1.807) is 0 Å². The number of piperidine rings is 1. The number of carbonyl (C=O) groups excluding carboxylic acids is 1. The summed E-state index contributed by atoms with van der Waals surface area (Å²) < 4.78 is 4.04. The molecule has 0 aromatic carbocycles. The summed E-state index contributed by atoms with van der Waals surface area (Å²) in [4.78, 5) is 16.2. The summed E-state index contributed by atoms with van der Waals surface area (Å²) in [7, 11) is 0. The Bertz CT molecular complexity index is 384. The Hall–Kier alpha value is -1.01. The van der Waals surface area contributed by atoms with Crippen molar-refractivity contribution in [1.82, 2.24) is 14.7 Å². The van der Waals surface area contributed by atoms with Crippen LogP contribution in [0.1, 0.15) is 25.6 Å². The first-order chi connectivity index (χ1) is 7.60. The molecule has 2 rings (SSSR count). The van der Waals surface area contributed by atoms with Gasteiger partial charge in [0.1, 0.15) is 5.82 Å². The third kappa shape index (κ3) is 2.38. The molecule has 1 aromatic heterocycles. The number of hydrogen-bond acceptors (Lipinski definition) is 5. The van der Waals surface area contributed by atoms with E-state index in [0.717, 1.165) is 25.9 Å². The molecule has 1 fully saturated rings. The van der Waals surface area contributed by atoms with E-state index in [9.17, 15) is 4.79 Å². The fourth-order valence-corrected chi connectivity index (χ4v) is 2.42. The van der Waals surface area contributed by atoms with Crippen molar-refractivity contribution >= 4 is 22.6 Å². The van der Waals surface area contributed by atoms with Gasteiger partial charge in [0.2, 0.25) is 11.0 Å². The number of rotatable bonds is 2. The maximum Gasteiger partial charge on any atom is 0.233 e. The molecule has 0 bridgehead atoms. The number of nitrogens with zero attached hydrogens (tertiary/aromatic N) is 2. The average molecular weight is 240 g/mol. The van der Waals surface area contributed by atoms with Crippen molar-refractivity contribution in [3.8, 4) is 0 Å². The molecule has 0 saturated carbocycles. The molecule has 1 atom stereocenters. The molecule has 1 saturated heterocycles. The topological polar surface area (TPSA) is 66.9 Å². The first-order valence-electron chi connectivity index (χ1n) is 5.43. The summed E-state index contributed by atoms with van der Waals surface area (Å²) in [6.45, 7) is 5.54. The van der Waals surface area contributed by atoms with Crippen molar-refractivity contribution in [2.45, 2.75) is 26.7 Å². The molecular weight excluding hydrogens is 224 g/mol. The molecule has 0 radical (unpaired) electrons. The molecule has 0 aliphatic carbocycles. The number of aromatic nitrogens is 2. The number of carbonyl (C=O) groups is 1. The highest BCUT2D eigenvalue weighted by Crippen LogP contribution is 2.27. The highest BCUT2D eigenvalue weighted by atomic mass is 32.1. The second-order valence-electron chi connectivity index (χ2n) is 4.44. The van der Waals surface area contributed by atoms with E-state index in [1.165, 1.54) is 11.5 Å². The lowest BCUT2D eigenvalue weighted by Crippen LogP contribution is -2.46. The Morgan fingerprint density at radius 3 is 3.00 bits per heavy atom. The van der Waals surface area contributed by atoms with Crippen LogP contribution in [0.25, 0.3) is 0 Å². The van der Waals surface area contributed by atoms with Crippen LogP contribution in [0.3, 0.4) is 0 Å². The van der Waals surface area contributed by atoms with Gasteiger partial charge in [-0.05, 0) is 33.2 Å². The van der Waals surface area contributed by atoms with E-state index in [1.807, 2.05) is 13.8 Å². The zero-order valence-electron chi connectivity index (χ0n) is 9.54. The van der Waals surface area contributed by atoms with Gasteiger partial charge in [-0.2, -0.15) is 4.37 Å². The smallest absolute Gasteiger partial charge is 0.233 e. The minimum Gasteiger partial charge on any atom is -0.316 e. The lowest BCUT2D eigenvalue weighted by Gasteiger charge is -2.32. The summed E-state index contributed by atoms with van der Waals surface area (Å²) in [6, 6.07) is 0. The monoisotopic (exact) mass is 240 g/mol. The number of aryl methyl sites for hydroxylation is 1. The fourth-order valence-electron chi connectivity index (χ4n) is 1.85. The molecule has 1 aliphatic heterocycles. The van der Waals surface area contributed by atoms with E-state index < -0.39 is 0 Å². The summed E-state index contributed by atoms with van der Waals surface area (Å²) in [5.41, 5.74) is -0.322. The SMILES string of the molecule is Cc1nsc(NC(=O)[C@@]2(C)CCCNC2)n1. The van der Waals surface area contributed by atoms with Crippen LogP contribution in [0.2, 0.25) is 0 Å². The van der Waals surface area contributed by atoms with Crippen LogP contribution in [0.4, 0.5) is 5.13 Å². The predicted octanol–water partition coefficient (Wildman–Crippen LogP) is 1.17. The highest BCUT2D eigenvalue weighted by Gasteiger charge is 2.34. The molecule has 2 heterocycles. The summed E-state index contributed by atoms with van der Waals surface area (Å²) in [5.74, 6) is 0.739. The molecule has 0 unspecified atom stereocenters. The van der Waals surface area contributed by atoms with Crippen molar-refractivity contribution in [3.63, 3.8) is 0 Å². The Morgan fingerprint density at radius 1 is 1.62 bits per heavy atom. The fraction of sp³-hybridized carbons (Fsp3) is 0.700. The zero-order chi connectivity index (χ0) is 11.6. The van der Waals surface area contributed by atoms with Gasteiger partial charge in [0.25, 0.3) is 0 Å². The number of anilines is 1. The lowest BCUT2D eigenvalue weighted by atomic mass is 9.82.